The van der Waals surface area contributed by atoms with E-state index >= 15 is 0 Å². The van der Waals surface area contributed by atoms with E-state index < -0.39 is 12.1 Å². The minimum absolute atomic E-state index is 0.205. The molecular weight excluding hydrogens is 364 g/mol. The van der Waals surface area contributed by atoms with Crippen LogP contribution in [0.15, 0.2) is 59.0 Å². The smallest absolute Gasteiger partial charge is 0.291 e. The number of carbonyl (C=O) groups is 3. The quantitative estimate of drug-likeness (QED) is 0.522. The molecule has 1 saturated heterocycles. The van der Waals surface area contributed by atoms with Gasteiger partial charge in [-0.15, -0.1) is 0 Å². The van der Waals surface area contributed by atoms with E-state index in [0.29, 0.717) is 17.1 Å². The number of hydrogen-bond donors (Lipinski definition) is 5. The zero-order chi connectivity index (χ0) is 19.7. The van der Waals surface area contributed by atoms with Crippen molar-refractivity contribution in [1.29, 1.82) is 0 Å². The molecule has 0 radical (unpaired) electrons. The second kappa shape index (κ2) is 7.18. The third-order valence-corrected chi connectivity index (χ3v) is 4.32. The summed E-state index contributed by atoms with van der Waals surface area (Å²) < 4.78 is 5.04. The molecule has 1 aromatic heterocycles. The Labute approximate surface area is 159 Å². The number of hydrogen-bond acceptors (Lipinski definition) is 7. The second-order valence-electron chi connectivity index (χ2n) is 6.39. The molecule has 2 atom stereocenters. The highest BCUT2D eigenvalue weighted by Gasteiger charge is 2.44. The molecule has 0 saturated carbocycles. The van der Waals surface area contributed by atoms with Crippen LogP contribution in [0.25, 0.3) is 0 Å². The third-order valence-electron chi connectivity index (χ3n) is 4.32. The molecule has 1 aromatic carbocycles. The van der Waals surface area contributed by atoms with Crippen molar-refractivity contribution in [3.8, 4) is 0 Å². The summed E-state index contributed by atoms with van der Waals surface area (Å²) in [6, 6.07) is 8.34. The van der Waals surface area contributed by atoms with Gasteiger partial charge in [0.2, 0.25) is 5.91 Å². The zero-order valence-electron chi connectivity index (χ0n) is 14.9. The maximum absolute atomic E-state index is 12.6. The van der Waals surface area contributed by atoms with Gasteiger partial charge in [0.15, 0.2) is 11.8 Å². The third kappa shape index (κ3) is 3.46. The Kier molecular flexibility index (Phi) is 4.55. The number of benzene rings is 1. The minimum Gasteiger partial charge on any atom is -0.459 e. The predicted octanol–water partition coefficient (Wildman–Crippen LogP) is 0.523. The first kappa shape index (κ1) is 17.8. The fourth-order valence-corrected chi connectivity index (χ4v) is 3.02. The molecule has 2 aliphatic rings. The van der Waals surface area contributed by atoms with Gasteiger partial charge >= 0.3 is 0 Å². The number of carbonyl (C=O) groups excluding carboxylic acids is 3. The summed E-state index contributed by atoms with van der Waals surface area (Å²) >= 11 is 0. The number of anilines is 2. The van der Waals surface area contributed by atoms with Gasteiger partial charge in [0.1, 0.15) is 6.04 Å². The van der Waals surface area contributed by atoms with Crippen molar-refractivity contribution in [3.05, 3.63) is 60.3 Å². The van der Waals surface area contributed by atoms with E-state index in [1.165, 1.54) is 6.26 Å². The van der Waals surface area contributed by atoms with Gasteiger partial charge in [0.25, 0.3) is 11.8 Å². The second-order valence-corrected chi connectivity index (χ2v) is 6.39. The van der Waals surface area contributed by atoms with Crippen molar-refractivity contribution < 1.29 is 18.8 Å². The maximum atomic E-state index is 12.6. The summed E-state index contributed by atoms with van der Waals surface area (Å²) in [4.78, 5) is 36.8. The molecule has 2 unspecified atom stereocenters. The summed E-state index contributed by atoms with van der Waals surface area (Å²) in [6.07, 6.45) is 3.13. The number of furan rings is 1. The first-order valence-corrected chi connectivity index (χ1v) is 8.56. The van der Waals surface area contributed by atoms with Gasteiger partial charge in [0, 0.05) is 23.3 Å². The Bertz CT molecular complexity index is 937. The molecular formula is C18H18N6O4. The van der Waals surface area contributed by atoms with Gasteiger partial charge < -0.3 is 20.4 Å². The molecule has 2 aromatic rings. The molecule has 3 heterocycles. The minimum atomic E-state index is -0.775. The van der Waals surface area contributed by atoms with Crippen LogP contribution in [0.2, 0.25) is 0 Å². The number of nitrogens with one attached hydrogen (secondary N) is 5. The van der Waals surface area contributed by atoms with E-state index in [0.717, 1.165) is 0 Å². The largest absolute Gasteiger partial charge is 0.459 e. The predicted molar refractivity (Wildman–Crippen MR) is 99.3 cm³/mol. The fourth-order valence-electron chi connectivity index (χ4n) is 3.02. The van der Waals surface area contributed by atoms with Gasteiger partial charge in [-0.3, -0.25) is 19.4 Å². The van der Waals surface area contributed by atoms with Crippen LogP contribution in [-0.2, 0) is 9.59 Å². The molecule has 10 nitrogen and oxygen atoms in total. The van der Waals surface area contributed by atoms with Crippen LogP contribution < -0.4 is 26.9 Å². The van der Waals surface area contributed by atoms with Crippen molar-refractivity contribution in [2.24, 2.45) is 0 Å². The van der Waals surface area contributed by atoms with E-state index in [-0.39, 0.29) is 23.5 Å². The lowest BCUT2D eigenvalue weighted by Gasteiger charge is -2.28. The fraction of sp³-hybridized carbons (Fsp3) is 0.167. The van der Waals surface area contributed by atoms with E-state index in [2.05, 4.69) is 26.9 Å². The molecule has 10 heteroatoms. The lowest BCUT2D eigenvalue weighted by Crippen LogP contribution is -2.54. The van der Waals surface area contributed by atoms with E-state index in [1.807, 2.05) is 0 Å². The van der Waals surface area contributed by atoms with Crippen LogP contribution in [0.5, 0.6) is 0 Å². The molecule has 0 aliphatic carbocycles. The van der Waals surface area contributed by atoms with Crippen molar-refractivity contribution in [3.63, 3.8) is 0 Å². The molecule has 4 rings (SSSR count). The van der Waals surface area contributed by atoms with Crippen LogP contribution >= 0.6 is 0 Å². The van der Waals surface area contributed by atoms with Crippen molar-refractivity contribution in [2.45, 2.75) is 19.0 Å². The number of allylic oxidation sites excluding steroid dienone is 1. The summed E-state index contributed by atoms with van der Waals surface area (Å²) in [7, 11) is 0. The topological polar surface area (TPSA) is 128 Å². The first-order valence-electron chi connectivity index (χ1n) is 8.56. The molecule has 144 valence electrons. The van der Waals surface area contributed by atoms with Gasteiger partial charge in [-0.1, -0.05) is 0 Å². The Morgan fingerprint density at radius 2 is 1.82 bits per heavy atom. The van der Waals surface area contributed by atoms with Crippen molar-refractivity contribution >= 4 is 29.1 Å². The van der Waals surface area contributed by atoms with E-state index in [4.69, 9.17) is 4.42 Å². The van der Waals surface area contributed by atoms with Gasteiger partial charge in [-0.05, 0) is 43.3 Å². The first-order chi connectivity index (χ1) is 13.5. The number of amides is 3. The zero-order valence-corrected chi connectivity index (χ0v) is 14.9. The Morgan fingerprint density at radius 3 is 2.50 bits per heavy atom. The average Bonchev–Trinajstić information content (AvgIpc) is 3.33. The van der Waals surface area contributed by atoms with Gasteiger partial charge in [-0.2, -0.15) is 5.53 Å². The van der Waals surface area contributed by atoms with Crippen LogP contribution in [0.3, 0.4) is 0 Å². The van der Waals surface area contributed by atoms with Gasteiger partial charge in [-0.25, -0.2) is 5.43 Å². The Morgan fingerprint density at radius 1 is 1.11 bits per heavy atom. The normalized spacial score (nSPS) is 20.8. The van der Waals surface area contributed by atoms with Crippen LogP contribution in [0, 0.1) is 0 Å². The number of nitrogens with zero attached hydrogens (tertiary/aromatic N) is 1. The molecule has 28 heavy (non-hydrogen) atoms. The van der Waals surface area contributed by atoms with Crippen LogP contribution in [0.1, 0.15) is 17.5 Å². The SMILES string of the molecule is CC1=CN2NNC(C(=O)Nc3ccc(NC(=O)c4ccco4)cc3)C2C(=O)N1. The highest BCUT2D eigenvalue weighted by Crippen LogP contribution is 2.18. The summed E-state index contributed by atoms with van der Waals surface area (Å²) in [5, 5.41) is 9.72. The van der Waals surface area contributed by atoms with Crippen molar-refractivity contribution in [2.75, 3.05) is 10.6 Å². The molecule has 2 aliphatic heterocycles. The van der Waals surface area contributed by atoms with E-state index in [1.54, 1.807) is 54.5 Å². The lowest BCUT2D eigenvalue weighted by molar-refractivity contribution is -0.129. The Balaban J connectivity index is 1.39. The highest BCUT2D eigenvalue weighted by atomic mass is 16.3. The van der Waals surface area contributed by atoms with Crippen LogP contribution in [0.4, 0.5) is 11.4 Å². The molecule has 1 fully saturated rings. The summed E-state index contributed by atoms with van der Waals surface area (Å²) in [6.45, 7) is 1.76. The summed E-state index contributed by atoms with van der Waals surface area (Å²) in [5.41, 5.74) is 7.39. The standard InChI is InChI=1S/C18H18N6O4/c1-10-9-24-15(18(27)19-10)14(22-23-24)17(26)21-12-6-4-11(5-7-12)20-16(25)13-3-2-8-28-13/h2-9,14-15,22-23H,1H3,(H,19,27)(H,20,25)(H,21,26). The number of fused-ring (bicyclic) bond motifs is 1. The Hall–Kier alpha value is -3.63. The highest BCUT2D eigenvalue weighted by molar-refractivity contribution is 6.03. The maximum Gasteiger partial charge on any atom is 0.291 e. The van der Waals surface area contributed by atoms with Crippen molar-refractivity contribution in [1.82, 2.24) is 21.3 Å². The average molecular weight is 382 g/mol. The van der Waals surface area contributed by atoms with E-state index in [9.17, 15) is 14.4 Å². The van der Waals surface area contributed by atoms with Gasteiger partial charge in [0.05, 0.1) is 6.26 Å². The molecule has 0 bridgehead atoms. The monoisotopic (exact) mass is 382 g/mol. The number of hydrazine groups is 2. The lowest BCUT2D eigenvalue weighted by atomic mass is 10.1. The number of rotatable bonds is 4. The molecule has 0 spiro atoms. The summed E-state index contributed by atoms with van der Waals surface area (Å²) in [5.74, 6) is -0.796. The molecule has 3 amide bonds. The van der Waals surface area contributed by atoms with Crippen LogP contribution in [-0.4, -0.2) is 34.8 Å². The molecule has 5 N–H and O–H groups in total.